The number of rotatable bonds is 4. The van der Waals surface area contributed by atoms with Crippen LogP contribution in [0, 0.1) is 0 Å². The van der Waals surface area contributed by atoms with E-state index in [1.165, 1.54) is 6.92 Å². The Morgan fingerprint density at radius 2 is 1.82 bits per heavy atom. The van der Waals surface area contributed by atoms with Gasteiger partial charge in [0.25, 0.3) is 0 Å². The molecule has 2 amide bonds. The molecule has 140 valence electrons. The minimum atomic E-state index is -0.204. The second-order valence-corrected chi connectivity index (χ2v) is 7.43. The summed E-state index contributed by atoms with van der Waals surface area (Å²) in [6, 6.07) is 17.2. The molecule has 0 spiro atoms. The number of halogens is 1. The van der Waals surface area contributed by atoms with E-state index >= 15 is 0 Å². The molecule has 4 rings (SSSR count). The van der Waals surface area contributed by atoms with Gasteiger partial charge in [0, 0.05) is 22.3 Å². The monoisotopic (exact) mass is 436 g/mol. The maximum absolute atomic E-state index is 12.7. The van der Waals surface area contributed by atoms with E-state index in [1.807, 2.05) is 36.4 Å². The van der Waals surface area contributed by atoms with Gasteiger partial charge in [-0.15, -0.1) is 0 Å². The number of carbonyl (C=O) groups excluding carboxylic acids is 2. The molecule has 2 N–H and O–H groups in total. The quantitative estimate of drug-likeness (QED) is 0.444. The lowest BCUT2D eigenvalue weighted by Gasteiger charge is -2.12. The first-order valence-electron chi connectivity index (χ1n) is 8.76. The van der Waals surface area contributed by atoms with Crippen LogP contribution in [0.15, 0.2) is 69.8 Å². The van der Waals surface area contributed by atoms with Crippen molar-refractivity contribution < 1.29 is 14.0 Å². The molecule has 6 heteroatoms. The Kier molecular flexibility index (Phi) is 4.88. The van der Waals surface area contributed by atoms with Crippen molar-refractivity contribution in [2.45, 2.75) is 13.3 Å². The Labute approximate surface area is 169 Å². The first kappa shape index (κ1) is 18.3. The minimum Gasteiger partial charge on any atom is -0.464 e. The molecular weight excluding hydrogens is 420 g/mol. The summed E-state index contributed by atoms with van der Waals surface area (Å²) in [5.74, 6) is -0.398. The van der Waals surface area contributed by atoms with E-state index in [9.17, 15) is 9.59 Å². The van der Waals surface area contributed by atoms with Gasteiger partial charge >= 0.3 is 0 Å². The molecule has 0 aliphatic heterocycles. The maximum atomic E-state index is 12.7. The third-order valence-electron chi connectivity index (χ3n) is 4.46. The van der Waals surface area contributed by atoms with Crippen LogP contribution in [0.1, 0.15) is 12.5 Å². The van der Waals surface area contributed by atoms with Crippen molar-refractivity contribution in [3.05, 3.63) is 70.9 Å². The van der Waals surface area contributed by atoms with Crippen LogP contribution in [0.5, 0.6) is 0 Å². The highest BCUT2D eigenvalue weighted by atomic mass is 79.9. The number of furan rings is 1. The highest BCUT2D eigenvalue weighted by molar-refractivity contribution is 9.10. The first-order valence-corrected chi connectivity index (χ1v) is 9.55. The minimum absolute atomic E-state index is 0.160. The van der Waals surface area contributed by atoms with Crippen LogP contribution in [0.2, 0.25) is 0 Å². The zero-order valence-electron chi connectivity index (χ0n) is 15.1. The number of fused-ring (bicyclic) bond motifs is 3. The Hall–Kier alpha value is -3.12. The lowest BCUT2D eigenvalue weighted by Crippen LogP contribution is -2.16. The van der Waals surface area contributed by atoms with E-state index in [-0.39, 0.29) is 18.2 Å². The van der Waals surface area contributed by atoms with Gasteiger partial charge in [-0.1, -0.05) is 46.3 Å². The molecule has 0 aliphatic rings. The molecule has 0 atom stereocenters. The first-order chi connectivity index (χ1) is 13.5. The van der Waals surface area contributed by atoms with Gasteiger partial charge in [-0.3, -0.25) is 9.59 Å². The van der Waals surface area contributed by atoms with E-state index in [0.29, 0.717) is 11.4 Å². The normalized spacial score (nSPS) is 10.9. The van der Waals surface area contributed by atoms with Crippen molar-refractivity contribution in [3.63, 3.8) is 0 Å². The molecule has 0 fully saturated rings. The summed E-state index contributed by atoms with van der Waals surface area (Å²) in [6.45, 7) is 1.43. The number of nitrogens with one attached hydrogen (secondary N) is 2. The summed E-state index contributed by atoms with van der Waals surface area (Å²) in [4.78, 5) is 24.1. The van der Waals surface area contributed by atoms with Gasteiger partial charge in [0.1, 0.15) is 5.58 Å². The molecule has 0 bridgehead atoms. The van der Waals surface area contributed by atoms with Crippen LogP contribution in [0.25, 0.3) is 21.7 Å². The van der Waals surface area contributed by atoms with Crippen LogP contribution in [-0.4, -0.2) is 11.8 Å². The molecule has 0 aliphatic carbocycles. The van der Waals surface area contributed by atoms with Crippen molar-refractivity contribution in [2.75, 3.05) is 10.6 Å². The van der Waals surface area contributed by atoms with Gasteiger partial charge in [0.15, 0.2) is 0 Å². The fraction of sp³-hybridized carbons (Fsp3) is 0.0909. The molecule has 3 aromatic carbocycles. The zero-order chi connectivity index (χ0) is 19.7. The van der Waals surface area contributed by atoms with E-state index in [4.69, 9.17) is 4.42 Å². The third kappa shape index (κ3) is 3.64. The van der Waals surface area contributed by atoms with Gasteiger partial charge in [0.2, 0.25) is 11.8 Å². The molecule has 1 heterocycles. The molecule has 1 aromatic heterocycles. The van der Waals surface area contributed by atoms with Crippen LogP contribution in [0.3, 0.4) is 0 Å². The van der Waals surface area contributed by atoms with E-state index in [1.54, 1.807) is 24.5 Å². The summed E-state index contributed by atoms with van der Waals surface area (Å²) in [5.41, 5.74) is 2.65. The van der Waals surface area contributed by atoms with Crippen LogP contribution in [-0.2, 0) is 16.0 Å². The van der Waals surface area contributed by atoms with Gasteiger partial charge in [0.05, 0.1) is 24.1 Å². The summed E-state index contributed by atoms with van der Waals surface area (Å²) in [5, 5.41) is 8.71. The van der Waals surface area contributed by atoms with Gasteiger partial charge < -0.3 is 15.1 Å². The summed E-state index contributed by atoms with van der Waals surface area (Å²) in [6.07, 6.45) is 1.79. The molecule has 0 saturated carbocycles. The zero-order valence-corrected chi connectivity index (χ0v) is 16.7. The average molecular weight is 437 g/mol. The standard InChI is InChI=1S/C22H17BrN2O3/c1-13(26)24-18-8-7-16(23)11-19(18)25-21(27)10-15-12-28-20-9-6-14-4-2-3-5-17(14)22(15)20/h2-9,11-12H,10H2,1H3,(H,24,26)(H,25,27). The maximum Gasteiger partial charge on any atom is 0.228 e. The van der Waals surface area contributed by atoms with E-state index < -0.39 is 0 Å². The third-order valence-corrected chi connectivity index (χ3v) is 4.95. The highest BCUT2D eigenvalue weighted by Crippen LogP contribution is 2.31. The predicted octanol–water partition coefficient (Wildman–Crippen LogP) is 5.49. The van der Waals surface area contributed by atoms with Crippen LogP contribution in [0.4, 0.5) is 11.4 Å². The Morgan fingerprint density at radius 1 is 1.00 bits per heavy atom. The van der Waals surface area contributed by atoms with E-state index in [2.05, 4.69) is 26.6 Å². The molecule has 0 unspecified atom stereocenters. The largest absolute Gasteiger partial charge is 0.464 e. The van der Waals surface area contributed by atoms with Crippen molar-refractivity contribution in [1.82, 2.24) is 0 Å². The predicted molar refractivity (Wildman–Crippen MR) is 114 cm³/mol. The fourth-order valence-electron chi connectivity index (χ4n) is 3.29. The average Bonchev–Trinajstić information content (AvgIpc) is 3.07. The molecule has 0 radical (unpaired) electrons. The molecule has 0 saturated heterocycles. The fourth-order valence-corrected chi connectivity index (χ4v) is 3.65. The molecule has 4 aromatic rings. The second-order valence-electron chi connectivity index (χ2n) is 6.52. The summed E-state index contributed by atoms with van der Waals surface area (Å²) >= 11 is 3.39. The number of hydrogen-bond acceptors (Lipinski definition) is 3. The van der Waals surface area contributed by atoms with Gasteiger partial charge in [-0.2, -0.15) is 0 Å². The van der Waals surface area contributed by atoms with E-state index in [0.717, 1.165) is 31.8 Å². The molecule has 28 heavy (non-hydrogen) atoms. The smallest absolute Gasteiger partial charge is 0.228 e. The Morgan fingerprint density at radius 3 is 2.64 bits per heavy atom. The number of carbonyl (C=O) groups is 2. The van der Waals surface area contributed by atoms with Crippen LogP contribution < -0.4 is 10.6 Å². The molecule has 5 nitrogen and oxygen atoms in total. The Balaban J connectivity index is 1.64. The number of anilines is 2. The van der Waals surface area contributed by atoms with Crippen molar-refractivity contribution in [3.8, 4) is 0 Å². The Bertz CT molecular complexity index is 1210. The van der Waals surface area contributed by atoms with Gasteiger partial charge in [-0.25, -0.2) is 0 Å². The lowest BCUT2D eigenvalue weighted by atomic mass is 10.0. The van der Waals surface area contributed by atoms with Crippen molar-refractivity contribution >= 4 is 60.9 Å². The topological polar surface area (TPSA) is 71.3 Å². The van der Waals surface area contributed by atoms with Crippen LogP contribution >= 0.6 is 15.9 Å². The number of amides is 2. The highest BCUT2D eigenvalue weighted by Gasteiger charge is 2.15. The van der Waals surface area contributed by atoms with Crippen molar-refractivity contribution in [1.29, 1.82) is 0 Å². The number of hydrogen-bond donors (Lipinski definition) is 2. The lowest BCUT2D eigenvalue weighted by molar-refractivity contribution is -0.116. The van der Waals surface area contributed by atoms with Crippen molar-refractivity contribution in [2.24, 2.45) is 0 Å². The van der Waals surface area contributed by atoms with Gasteiger partial charge in [-0.05, 0) is 35.0 Å². The molecular formula is C22H17BrN2O3. The summed E-state index contributed by atoms with van der Waals surface area (Å²) in [7, 11) is 0. The SMILES string of the molecule is CC(=O)Nc1ccc(Br)cc1NC(=O)Cc1coc2ccc3ccccc3c12. The number of benzene rings is 3. The second kappa shape index (κ2) is 7.48. The summed E-state index contributed by atoms with van der Waals surface area (Å²) < 4.78 is 6.46.